The van der Waals surface area contributed by atoms with Gasteiger partial charge in [0.15, 0.2) is 0 Å². The Morgan fingerprint density at radius 3 is 3.06 bits per heavy atom. The maximum absolute atomic E-state index is 10.9. The number of hydrogen-bond acceptors (Lipinski definition) is 5. The molecule has 0 amide bonds. The molecule has 0 unspecified atom stereocenters. The van der Waals surface area contributed by atoms with Crippen molar-refractivity contribution in [3.05, 3.63) is 52.6 Å². The predicted octanol–water partition coefficient (Wildman–Crippen LogP) is 0.921. The number of hydrogen-bond donors (Lipinski definition) is 3. The summed E-state index contributed by atoms with van der Waals surface area (Å²) in [5.41, 5.74) is 2.95. The molecule has 0 saturated heterocycles. The maximum atomic E-state index is 10.9. The molecule has 0 aliphatic carbocycles. The van der Waals surface area contributed by atoms with Crippen molar-refractivity contribution in [1.82, 2.24) is 9.97 Å². The van der Waals surface area contributed by atoms with Crippen LogP contribution in [0.3, 0.4) is 0 Å². The summed E-state index contributed by atoms with van der Waals surface area (Å²) >= 11 is 0. The second-order valence-electron chi connectivity index (χ2n) is 3.25. The molecule has 6 nitrogen and oxygen atoms in total. The smallest absolute Gasteiger partial charge is 0.346 e. The van der Waals surface area contributed by atoms with E-state index in [0.717, 1.165) is 5.56 Å². The highest BCUT2D eigenvalue weighted by atomic mass is 16.3. The van der Waals surface area contributed by atoms with Gasteiger partial charge < -0.3 is 5.11 Å². The minimum absolute atomic E-state index is 0.172. The second-order valence-corrected chi connectivity index (χ2v) is 3.25. The highest BCUT2D eigenvalue weighted by Gasteiger charge is 1.91. The highest BCUT2D eigenvalue weighted by Crippen LogP contribution is 2.08. The fourth-order valence-corrected chi connectivity index (χ4v) is 1.22. The molecule has 0 saturated carbocycles. The van der Waals surface area contributed by atoms with E-state index in [2.05, 4.69) is 20.5 Å². The van der Waals surface area contributed by atoms with Crippen LogP contribution in [0, 0.1) is 0 Å². The van der Waals surface area contributed by atoms with Gasteiger partial charge in [0.2, 0.25) is 0 Å². The number of H-pyrrole nitrogens is 1. The van der Waals surface area contributed by atoms with Crippen LogP contribution in [0.25, 0.3) is 0 Å². The lowest BCUT2D eigenvalue weighted by Crippen LogP contribution is -2.10. The molecule has 1 aromatic carbocycles. The summed E-state index contributed by atoms with van der Waals surface area (Å²) < 4.78 is 0. The Morgan fingerprint density at radius 1 is 1.41 bits per heavy atom. The third-order valence-electron chi connectivity index (χ3n) is 1.94. The van der Waals surface area contributed by atoms with E-state index in [0.29, 0.717) is 5.82 Å². The number of rotatable bonds is 3. The fraction of sp³-hybridized carbons (Fsp3) is 0. The van der Waals surface area contributed by atoms with Crippen LogP contribution in [-0.2, 0) is 0 Å². The second kappa shape index (κ2) is 4.93. The van der Waals surface area contributed by atoms with E-state index in [-0.39, 0.29) is 5.75 Å². The van der Waals surface area contributed by atoms with Crippen molar-refractivity contribution in [3.8, 4) is 5.75 Å². The van der Waals surface area contributed by atoms with Crippen molar-refractivity contribution >= 4 is 12.0 Å². The maximum Gasteiger partial charge on any atom is 0.346 e. The highest BCUT2D eigenvalue weighted by molar-refractivity contribution is 5.80. The van der Waals surface area contributed by atoms with Gasteiger partial charge in [0.05, 0.1) is 6.21 Å². The van der Waals surface area contributed by atoms with E-state index in [1.54, 1.807) is 30.3 Å². The van der Waals surface area contributed by atoms with E-state index >= 15 is 0 Å². The third kappa shape index (κ3) is 3.16. The van der Waals surface area contributed by atoms with Crippen molar-refractivity contribution in [2.24, 2.45) is 5.10 Å². The molecular formula is C11H10N4O2. The summed E-state index contributed by atoms with van der Waals surface area (Å²) in [7, 11) is 0. The summed E-state index contributed by atoms with van der Waals surface area (Å²) in [5.74, 6) is 0.618. The van der Waals surface area contributed by atoms with Crippen molar-refractivity contribution in [3.63, 3.8) is 0 Å². The molecule has 0 aliphatic heterocycles. The Hall–Kier alpha value is -2.63. The number of phenolic OH excluding ortho intramolecular Hbond substituents is 1. The monoisotopic (exact) mass is 230 g/mol. The van der Waals surface area contributed by atoms with E-state index in [1.165, 1.54) is 12.4 Å². The number of benzene rings is 1. The van der Waals surface area contributed by atoms with Gasteiger partial charge in [-0.05, 0) is 23.8 Å². The van der Waals surface area contributed by atoms with E-state index < -0.39 is 5.69 Å². The molecule has 1 heterocycles. The molecule has 0 spiro atoms. The Bertz CT molecular complexity index is 592. The Morgan fingerprint density at radius 2 is 2.29 bits per heavy atom. The van der Waals surface area contributed by atoms with Crippen molar-refractivity contribution < 1.29 is 5.11 Å². The van der Waals surface area contributed by atoms with Gasteiger partial charge in [-0.1, -0.05) is 12.1 Å². The zero-order valence-corrected chi connectivity index (χ0v) is 8.79. The number of aromatic amines is 1. The minimum Gasteiger partial charge on any atom is -0.508 e. The van der Waals surface area contributed by atoms with Gasteiger partial charge in [-0.3, -0.25) is 10.4 Å². The first-order chi connectivity index (χ1) is 8.24. The molecular weight excluding hydrogens is 220 g/mol. The number of anilines is 1. The average Bonchev–Trinajstić information content (AvgIpc) is 2.29. The average molecular weight is 230 g/mol. The molecule has 3 N–H and O–H groups in total. The Kier molecular flexibility index (Phi) is 3.15. The molecule has 0 radical (unpaired) electrons. The standard InChI is InChI=1S/C11H10N4O2/c16-9-3-1-2-8(6-9)7-13-15-10-4-5-12-11(17)14-10/h1-7,16H,(H2,12,14,15,17)/b13-7+. The molecule has 86 valence electrons. The topological polar surface area (TPSA) is 90.4 Å². The summed E-state index contributed by atoms with van der Waals surface area (Å²) in [5, 5.41) is 13.1. The summed E-state index contributed by atoms with van der Waals surface area (Å²) in [6, 6.07) is 8.23. The molecule has 0 fully saturated rings. The van der Waals surface area contributed by atoms with E-state index in [9.17, 15) is 9.90 Å². The molecule has 1 aromatic heterocycles. The largest absolute Gasteiger partial charge is 0.508 e. The van der Waals surface area contributed by atoms with Gasteiger partial charge in [0.25, 0.3) is 0 Å². The van der Waals surface area contributed by atoms with Crippen LogP contribution in [0.2, 0.25) is 0 Å². The molecule has 17 heavy (non-hydrogen) atoms. The first kappa shape index (κ1) is 10.9. The van der Waals surface area contributed by atoms with Crippen LogP contribution in [0.4, 0.5) is 5.82 Å². The van der Waals surface area contributed by atoms with Gasteiger partial charge in [0.1, 0.15) is 11.6 Å². The first-order valence-electron chi connectivity index (χ1n) is 4.87. The van der Waals surface area contributed by atoms with Crippen molar-refractivity contribution in [2.75, 3.05) is 5.43 Å². The first-order valence-corrected chi connectivity index (χ1v) is 4.87. The molecule has 2 rings (SSSR count). The van der Waals surface area contributed by atoms with Gasteiger partial charge in [-0.15, -0.1) is 0 Å². The molecule has 0 aliphatic rings. The Balaban J connectivity index is 2.05. The number of phenols is 1. The molecule has 2 aromatic rings. The van der Waals surface area contributed by atoms with E-state index in [4.69, 9.17) is 0 Å². The van der Waals surface area contributed by atoms with Gasteiger partial charge >= 0.3 is 5.69 Å². The number of nitrogens with zero attached hydrogens (tertiary/aromatic N) is 2. The minimum atomic E-state index is -0.442. The van der Waals surface area contributed by atoms with Crippen molar-refractivity contribution in [2.45, 2.75) is 0 Å². The van der Waals surface area contributed by atoms with Crippen LogP contribution in [0.1, 0.15) is 5.56 Å². The number of hydrazone groups is 1. The summed E-state index contributed by atoms with van der Waals surface area (Å²) in [4.78, 5) is 16.8. The van der Waals surface area contributed by atoms with Crippen LogP contribution in [0.15, 0.2) is 46.4 Å². The molecule has 0 atom stereocenters. The third-order valence-corrected chi connectivity index (χ3v) is 1.94. The summed E-state index contributed by atoms with van der Waals surface area (Å²) in [6.07, 6.45) is 2.91. The molecule has 6 heteroatoms. The SMILES string of the molecule is O=c1nccc(N/N=C/c2cccc(O)c2)[nH]1. The fourth-order valence-electron chi connectivity index (χ4n) is 1.22. The van der Waals surface area contributed by atoms with Crippen molar-refractivity contribution in [1.29, 1.82) is 0 Å². The lowest BCUT2D eigenvalue weighted by Gasteiger charge is -1.98. The van der Waals surface area contributed by atoms with E-state index in [1.807, 2.05) is 0 Å². The van der Waals surface area contributed by atoms with Gasteiger partial charge in [-0.2, -0.15) is 5.10 Å². The zero-order chi connectivity index (χ0) is 12.1. The van der Waals surface area contributed by atoms with Gasteiger partial charge in [-0.25, -0.2) is 9.78 Å². The normalized spacial score (nSPS) is 10.6. The predicted molar refractivity (Wildman–Crippen MR) is 64.2 cm³/mol. The summed E-state index contributed by atoms with van der Waals surface area (Å²) in [6.45, 7) is 0. The van der Waals surface area contributed by atoms with Crippen LogP contribution in [-0.4, -0.2) is 21.3 Å². The van der Waals surface area contributed by atoms with Crippen LogP contribution in [0.5, 0.6) is 5.75 Å². The number of aromatic nitrogens is 2. The molecule has 0 bridgehead atoms. The quantitative estimate of drug-likeness (QED) is 0.540. The van der Waals surface area contributed by atoms with Crippen LogP contribution >= 0.6 is 0 Å². The number of aromatic hydroxyl groups is 1. The lowest BCUT2D eigenvalue weighted by molar-refractivity contribution is 0.475. The van der Waals surface area contributed by atoms with Gasteiger partial charge in [0, 0.05) is 6.20 Å². The lowest BCUT2D eigenvalue weighted by atomic mass is 10.2. The Labute approximate surface area is 96.7 Å². The van der Waals surface area contributed by atoms with Crippen LogP contribution < -0.4 is 11.1 Å². The zero-order valence-electron chi connectivity index (χ0n) is 8.79. The number of nitrogens with one attached hydrogen (secondary N) is 2.